The van der Waals surface area contributed by atoms with Crippen LogP contribution < -0.4 is 38.5 Å². The van der Waals surface area contributed by atoms with Crippen LogP contribution in [0.3, 0.4) is 0 Å². The number of nitrogens with zero attached hydrogens (tertiary/aromatic N) is 2. The molecule has 9 heteroatoms. The number of likely N-dealkylation sites (N-methyl/N-ethyl adjacent to an activating group) is 2. The highest BCUT2D eigenvalue weighted by Crippen LogP contribution is 2.49. The van der Waals surface area contributed by atoms with E-state index in [1.807, 2.05) is 60.5 Å². The summed E-state index contributed by atoms with van der Waals surface area (Å²) in [5.41, 5.74) is 0. The summed E-state index contributed by atoms with van der Waals surface area (Å²) in [5, 5.41) is 0. The highest BCUT2D eigenvalue weighted by atomic mass is 79.9. The average Bonchev–Trinajstić information content (AvgIpc) is 2.36. The van der Waals surface area contributed by atoms with Gasteiger partial charge in [0.15, 0.2) is 0 Å². The Hall–Kier alpha value is 0.0500. The number of halogens is 2. The standard InChI is InChI=1S/C16H31N2O4P.2BrH/c1-17(2,3)12-14-20-23(19,21-15-13-18(4,5)6)22-16-10-8-7-9-11-16;;/h7-11H,12-15H2,1-6H3;2*1H/q+2;;/p-2. The summed E-state index contributed by atoms with van der Waals surface area (Å²) >= 11 is 0. The van der Waals surface area contributed by atoms with E-state index in [9.17, 15) is 4.57 Å². The Morgan fingerprint density at radius 2 is 1.20 bits per heavy atom. The Kier molecular flexibility index (Phi) is 12.8. The number of rotatable bonds is 10. The van der Waals surface area contributed by atoms with Gasteiger partial charge in [0.2, 0.25) is 0 Å². The van der Waals surface area contributed by atoms with E-state index in [2.05, 4.69) is 0 Å². The first-order valence-electron chi connectivity index (χ1n) is 7.74. The summed E-state index contributed by atoms with van der Waals surface area (Å²) < 4.78 is 30.9. The Labute approximate surface area is 173 Å². The molecule has 0 fully saturated rings. The lowest BCUT2D eigenvalue weighted by Gasteiger charge is -2.26. The van der Waals surface area contributed by atoms with Crippen molar-refractivity contribution in [2.75, 3.05) is 68.6 Å². The first-order chi connectivity index (χ1) is 10.5. The second-order valence-electron chi connectivity index (χ2n) is 7.55. The number of quaternary nitrogens is 2. The summed E-state index contributed by atoms with van der Waals surface area (Å²) in [6.45, 7) is 2.03. The smallest absolute Gasteiger partial charge is 0.530 e. The topological polar surface area (TPSA) is 44.8 Å². The van der Waals surface area contributed by atoms with Gasteiger partial charge in [0.25, 0.3) is 0 Å². The minimum absolute atomic E-state index is 0. The van der Waals surface area contributed by atoms with Crippen molar-refractivity contribution in [1.29, 1.82) is 0 Å². The van der Waals surface area contributed by atoms with Gasteiger partial charge in [-0.2, -0.15) is 0 Å². The molecule has 0 spiro atoms. The van der Waals surface area contributed by atoms with E-state index in [1.54, 1.807) is 12.1 Å². The van der Waals surface area contributed by atoms with Gasteiger partial charge < -0.3 is 47.5 Å². The van der Waals surface area contributed by atoms with Crippen molar-refractivity contribution in [2.24, 2.45) is 0 Å². The highest BCUT2D eigenvalue weighted by molar-refractivity contribution is 7.48. The van der Waals surface area contributed by atoms with Gasteiger partial charge in [-0.3, -0.25) is 9.05 Å². The zero-order valence-electron chi connectivity index (χ0n) is 15.9. The Morgan fingerprint density at radius 3 is 1.56 bits per heavy atom. The molecule has 6 nitrogen and oxygen atoms in total. The molecule has 0 aliphatic heterocycles. The van der Waals surface area contributed by atoms with Crippen molar-refractivity contribution in [3.63, 3.8) is 0 Å². The molecule has 0 radical (unpaired) electrons. The van der Waals surface area contributed by atoms with Crippen molar-refractivity contribution in [2.45, 2.75) is 0 Å². The number of hydrogen-bond donors (Lipinski definition) is 0. The van der Waals surface area contributed by atoms with Crippen LogP contribution in [-0.4, -0.2) is 77.6 Å². The molecule has 0 aliphatic carbocycles. The lowest BCUT2D eigenvalue weighted by atomic mass is 10.3. The maximum Gasteiger partial charge on any atom is 0.530 e. The summed E-state index contributed by atoms with van der Waals surface area (Å²) in [5.74, 6) is 0.478. The molecule has 0 atom stereocenters. The second kappa shape index (κ2) is 11.7. The van der Waals surface area contributed by atoms with E-state index in [-0.39, 0.29) is 34.0 Å². The van der Waals surface area contributed by atoms with Gasteiger partial charge in [0.1, 0.15) is 32.1 Å². The van der Waals surface area contributed by atoms with Crippen molar-refractivity contribution in [3.8, 4) is 5.75 Å². The molecule has 0 unspecified atom stereocenters. The van der Waals surface area contributed by atoms with Gasteiger partial charge in [0, 0.05) is 0 Å². The number of phosphoric ester groups is 1. The Morgan fingerprint density at radius 1 is 0.800 bits per heavy atom. The van der Waals surface area contributed by atoms with E-state index in [0.29, 0.717) is 41.0 Å². The molecule has 0 aromatic heterocycles. The quantitative estimate of drug-likeness (QED) is 0.246. The predicted octanol–water partition coefficient (Wildman–Crippen LogP) is -3.37. The minimum Gasteiger partial charge on any atom is -1.00 e. The maximum atomic E-state index is 12.9. The molecule has 0 N–H and O–H groups in total. The molecule has 1 aromatic carbocycles. The first-order valence-corrected chi connectivity index (χ1v) is 9.20. The van der Waals surface area contributed by atoms with E-state index in [0.717, 1.165) is 0 Å². The third kappa shape index (κ3) is 13.9. The molecule has 0 aliphatic rings. The number of phosphoric acid groups is 1. The van der Waals surface area contributed by atoms with E-state index in [4.69, 9.17) is 13.6 Å². The van der Waals surface area contributed by atoms with Crippen LogP contribution >= 0.6 is 7.82 Å². The lowest BCUT2D eigenvalue weighted by molar-refractivity contribution is -0.870. The molecule has 1 aromatic rings. The molecule has 0 amide bonds. The number of para-hydroxylation sites is 1. The normalized spacial score (nSPS) is 12.1. The highest BCUT2D eigenvalue weighted by Gasteiger charge is 2.30. The van der Waals surface area contributed by atoms with Crippen LogP contribution in [0.25, 0.3) is 0 Å². The van der Waals surface area contributed by atoms with Crippen LogP contribution in [0.1, 0.15) is 0 Å². The van der Waals surface area contributed by atoms with Gasteiger partial charge >= 0.3 is 7.82 Å². The molecule has 0 heterocycles. The van der Waals surface area contributed by atoms with Gasteiger partial charge in [-0.15, -0.1) is 0 Å². The zero-order chi connectivity index (χ0) is 17.6. The molecular formula is C16H31Br2N2O4P. The van der Waals surface area contributed by atoms with Crippen molar-refractivity contribution in [1.82, 2.24) is 0 Å². The summed E-state index contributed by atoms with van der Waals surface area (Å²) in [7, 11) is 8.64. The van der Waals surface area contributed by atoms with Crippen molar-refractivity contribution < 1.29 is 61.1 Å². The largest absolute Gasteiger partial charge is 1.00 e. The fraction of sp³-hybridized carbons (Fsp3) is 0.625. The molecule has 0 bridgehead atoms. The fourth-order valence-electron chi connectivity index (χ4n) is 1.55. The fourth-order valence-corrected chi connectivity index (χ4v) is 2.72. The Bertz CT molecular complexity index is 495. The van der Waals surface area contributed by atoms with Gasteiger partial charge in [-0.05, 0) is 12.1 Å². The van der Waals surface area contributed by atoms with Crippen molar-refractivity contribution in [3.05, 3.63) is 30.3 Å². The minimum atomic E-state index is -3.63. The lowest BCUT2D eigenvalue weighted by Crippen LogP contribution is -3.00. The van der Waals surface area contributed by atoms with Crippen LogP contribution in [0, 0.1) is 0 Å². The first kappa shape index (κ1) is 27.3. The molecular weight excluding hydrogens is 475 g/mol. The van der Waals surface area contributed by atoms with Gasteiger partial charge in [0.05, 0.1) is 42.3 Å². The third-order valence-corrected chi connectivity index (χ3v) is 4.42. The SMILES string of the molecule is C[N+](C)(C)CCOP(=O)(OCC[N+](C)(C)C)Oc1ccccc1.[Br-].[Br-]. The maximum absolute atomic E-state index is 12.9. The second-order valence-corrected chi connectivity index (χ2v) is 9.14. The molecule has 25 heavy (non-hydrogen) atoms. The summed E-state index contributed by atoms with van der Waals surface area (Å²) in [6.07, 6.45) is 0. The predicted molar refractivity (Wildman–Crippen MR) is 92.4 cm³/mol. The van der Waals surface area contributed by atoms with E-state index < -0.39 is 7.82 Å². The molecule has 0 saturated carbocycles. The van der Waals surface area contributed by atoms with Gasteiger partial charge in [-0.25, -0.2) is 4.57 Å². The zero-order valence-corrected chi connectivity index (χ0v) is 20.0. The molecule has 1 rings (SSSR count). The Balaban J connectivity index is 0. The molecule has 148 valence electrons. The third-order valence-electron chi connectivity index (χ3n) is 2.98. The number of hydrogen-bond acceptors (Lipinski definition) is 4. The summed E-state index contributed by atoms with van der Waals surface area (Å²) in [4.78, 5) is 0. The summed E-state index contributed by atoms with van der Waals surface area (Å²) in [6, 6.07) is 8.97. The van der Waals surface area contributed by atoms with E-state index in [1.165, 1.54) is 0 Å². The number of benzene rings is 1. The van der Waals surface area contributed by atoms with Gasteiger partial charge in [-0.1, -0.05) is 18.2 Å². The van der Waals surface area contributed by atoms with Crippen LogP contribution in [-0.2, 0) is 13.6 Å². The van der Waals surface area contributed by atoms with Crippen molar-refractivity contribution >= 4 is 7.82 Å². The van der Waals surface area contributed by atoms with Crippen LogP contribution in [0.5, 0.6) is 5.75 Å². The van der Waals surface area contributed by atoms with E-state index >= 15 is 0 Å². The molecule has 0 saturated heterocycles. The van der Waals surface area contributed by atoms with Crippen LogP contribution in [0.2, 0.25) is 0 Å². The average molecular weight is 506 g/mol. The van der Waals surface area contributed by atoms with Crippen LogP contribution in [0.15, 0.2) is 30.3 Å². The monoisotopic (exact) mass is 504 g/mol. The van der Waals surface area contributed by atoms with Crippen LogP contribution in [0.4, 0.5) is 0 Å².